The summed E-state index contributed by atoms with van der Waals surface area (Å²) in [7, 11) is 0. The molecule has 0 atom stereocenters. The van der Waals surface area contributed by atoms with Crippen LogP contribution in [-0.4, -0.2) is 22.8 Å². The van der Waals surface area contributed by atoms with Crippen LogP contribution in [0.15, 0.2) is 15.5 Å². The summed E-state index contributed by atoms with van der Waals surface area (Å²) in [4.78, 5) is 11.8. The summed E-state index contributed by atoms with van der Waals surface area (Å²) in [6.07, 6.45) is -1.10. The van der Waals surface area contributed by atoms with Crippen molar-refractivity contribution in [3.8, 4) is 0 Å². The molecule has 17 heavy (non-hydrogen) atoms. The van der Waals surface area contributed by atoms with Crippen LogP contribution in [0.25, 0.3) is 0 Å². The van der Waals surface area contributed by atoms with Crippen LogP contribution in [-0.2, 0) is 6.54 Å². The molecule has 1 aromatic heterocycles. The van der Waals surface area contributed by atoms with Crippen LogP contribution in [0.4, 0.5) is 14.5 Å². The van der Waals surface area contributed by atoms with Gasteiger partial charge in [-0.2, -0.15) is 5.10 Å². The first-order valence-electron chi connectivity index (χ1n) is 5.19. The van der Waals surface area contributed by atoms with E-state index in [1.165, 1.54) is 10.9 Å². The number of hydrogen-bond donors (Lipinski definition) is 1. The monoisotopic (exact) mass is 309 g/mol. The van der Waals surface area contributed by atoms with Gasteiger partial charge in [-0.15, -0.1) is 0 Å². The predicted octanol–water partition coefficient (Wildman–Crippen LogP) is 2.34. The molecule has 0 fully saturated rings. The molecule has 1 heterocycles. The lowest BCUT2D eigenvalue weighted by Gasteiger charge is -2.11. The van der Waals surface area contributed by atoms with Crippen LogP contribution in [0.3, 0.4) is 0 Å². The topological polar surface area (TPSA) is 46.9 Å². The van der Waals surface area contributed by atoms with Crippen molar-refractivity contribution in [1.82, 2.24) is 9.78 Å². The van der Waals surface area contributed by atoms with Crippen LogP contribution >= 0.6 is 15.9 Å². The van der Waals surface area contributed by atoms with Gasteiger partial charge in [0.15, 0.2) is 0 Å². The van der Waals surface area contributed by atoms with Crippen LogP contribution in [0.1, 0.15) is 13.8 Å². The SMILES string of the molecule is CC(C)Cn1ncc(NCC(F)F)c(Br)c1=O. The van der Waals surface area contributed by atoms with Gasteiger partial charge in [-0.3, -0.25) is 4.79 Å². The van der Waals surface area contributed by atoms with Crippen molar-refractivity contribution in [2.75, 3.05) is 11.9 Å². The van der Waals surface area contributed by atoms with Crippen molar-refractivity contribution < 1.29 is 8.78 Å². The molecule has 7 heteroatoms. The molecule has 1 aromatic rings. The van der Waals surface area contributed by atoms with Crippen molar-refractivity contribution in [3.63, 3.8) is 0 Å². The van der Waals surface area contributed by atoms with E-state index in [0.717, 1.165) is 0 Å². The number of nitrogens with one attached hydrogen (secondary N) is 1. The fourth-order valence-electron chi connectivity index (χ4n) is 1.25. The molecule has 96 valence electrons. The first-order chi connectivity index (χ1) is 7.91. The quantitative estimate of drug-likeness (QED) is 0.908. The molecule has 4 nitrogen and oxygen atoms in total. The molecule has 0 aliphatic carbocycles. The normalized spacial score (nSPS) is 11.2. The summed E-state index contributed by atoms with van der Waals surface area (Å²) in [6.45, 7) is 3.91. The smallest absolute Gasteiger partial charge is 0.283 e. The Hall–Kier alpha value is -0.980. The highest BCUT2D eigenvalue weighted by Gasteiger charge is 2.11. The van der Waals surface area contributed by atoms with Gasteiger partial charge < -0.3 is 5.32 Å². The molecule has 0 aliphatic rings. The van der Waals surface area contributed by atoms with Gasteiger partial charge in [0.1, 0.15) is 4.47 Å². The van der Waals surface area contributed by atoms with Gasteiger partial charge in [-0.25, -0.2) is 13.5 Å². The van der Waals surface area contributed by atoms with E-state index in [4.69, 9.17) is 0 Å². The summed E-state index contributed by atoms with van der Waals surface area (Å²) in [5.41, 5.74) is -0.0340. The lowest BCUT2D eigenvalue weighted by atomic mass is 10.2. The molecule has 0 bridgehead atoms. The maximum absolute atomic E-state index is 12.0. The molecule has 0 radical (unpaired) electrons. The molecule has 0 aliphatic heterocycles. The molecule has 0 aromatic carbocycles. The van der Waals surface area contributed by atoms with E-state index in [1.54, 1.807) is 0 Å². The number of nitrogens with zero attached hydrogens (tertiary/aromatic N) is 2. The lowest BCUT2D eigenvalue weighted by molar-refractivity contribution is 0.163. The fraction of sp³-hybridized carbons (Fsp3) is 0.600. The van der Waals surface area contributed by atoms with Crippen molar-refractivity contribution >= 4 is 21.6 Å². The van der Waals surface area contributed by atoms with E-state index in [9.17, 15) is 13.6 Å². The minimum atomic E-state index is -2.47. The second kappa shape index (κ2) is 6.09. The van der Waals surface area contributed by atoms with E-state index < -0.39 is 13.0 Å². The number of aromatic nitrogens is 2. The van der Waals surface area contributed by atoms with Crippen LogP contribution in [0.5, 0.6) is 0 Å². The zero-order valence-corrected chi connectivity index (χ0v) is 11.2. The molecule has 0 saturated heterocycles. The Morgan fingerprint density at radius 3 is 2.71 bits per heavy atom. The molecule has 0 amide bonds. The number of alkyl halides is 2. The molecule has 0 unspecified atom stereocenters. The highest BCUT2D eigenvalue weighted by atomic mass is 79.9. The fourth-order valence-corrected chi connectivity index (χ4v) is 1.70. The second-order valence-electron chi connectivity index (χ2n) is 4.03. The maximum Gasteiger partial charge on any atom is 0.283 e. The van der Waals surface area contributed by atoms with Crippen LogP contribution < -0.4 is 10.9 Å². The van der Waals surface area contributed by atoms with Crippen LogP contribution in [0.2, 0.25) is 0 Å². The van der Waals surface area contributed by atoms with Gasteiger partial charge in [0, 0.05) is 6.54 Å². The number of hydrogen-bond acceptors (Lipinski definition) is 3. The summed E-state index contributed by atoms with van der Waals surface area (Å²) in [5.74, 6) is 0.284. The van der Waals surface area contributed by atoms with E-state index in [-0.39, 0.29) is 21.6 Å². The van der Waals surface area contributed by atoms with Gasteiger partial charge in [0.25, 0.3) is 12.0 Å². The molecule has 1 N–H and O–H groups in total. The largest absolute Gasteiger partial charge is 0.377 e. The van der Waals surface area contributed by atoms with E-state index in [1.807, 2.05) is 13.8 Å². The zero-order chi connectivity index (χ0) is 13.0. The van der Waals surface area contributed by atoms with Crippen molar-refractivity contribution in [2.45, 2.75) is 26.8 Å². The Balaban J connectivity index is 2.90. The average molecular weight is 310 g/mol. The minimum Gasteiger partial charge on any atom is -0.377 e. The number of rotatable bonds is 5. The first kappa shape index (κ1) is 14.1. The Morgan fingerprint density at radius 2 is 2.18 bits per heavy atom. The standard InChI is InChI=1S/C10H14BrF2N3O/c1-6(2)5-16-10(17)9(11)7(3-15-16)14-4-8(12)13/h3,6,8,14H,4-5H2,1-2H3. The average Bonchev–Trinajstić information content (AvgIpc) is 2.23. The first-order valence-corrected chi connectivity index (χ1v) is 5.98. The lowest BCUT2D eigenvalue weighted by Crippen LogP contribution is -2.27. The Morgan fingerprint density at radius 1 is 1.53 bits per heavy atom. The number of halogens is 3. The van der Waals surface area contributed by atoms with E-state index in [2.05, 4.69) is 26.3 Å². The summed E-state index contributed by atoms with van der Waals surface area (Å²) in [5, 5.41) is 6.38. The Labute approximate surface area is 106 Å². The maximum atomic E-state index is 12.0. The van der Waals surface area contributed by atoms with Crippen LogP contribution in [0, 0.1) is 5.92 Å². The summed E-state index contributed by atoms with van der Waals surface area (Å²) >= 11 is 3.09. The third-order valence-corrected chi connectivity index (χ3v) is 2.74. The van der Waals surface area contributed by atoms with E-state index in [0.29, 0.717) is 6.54 Å². The van der Waals surface area contributed by atoms with E-state index >= 15 is 0 Å². The van der Waals surface area contributed by atoms with Gasteiger partial charge >= 0.3 is 0 Å². The van der Waals surface area contributed by atoms with Crippen molar-refractivity contribution in [2.24, 2.45) is 5.92 Å². The summed E-state index contributed by atoms with van der Waals surface area (Å²) in [6, 6.07) is 0. The van der Waals surface area contributed by atoms with Gasteiger partial charge in [0.05, 0.1) is 18.4 Å². The highest BCUT2D eigenvalue weighted by Crippen LogP contribution is 2.16. The zero-order valence-electron chi connectivity index (χ0n) is 9.58. The third-order valence-electron chi connectivity index (χ3n) is 1.97. The molecule has 0 saturated carbocycles. The van der Waals surface area contributed by atoms with Gasteiger partial charge in [-0.05, 0) is 21.8 Å². The Kier molecular flexibility index (Phi) is 5.04. The molecular formula is C10H14BrF2N3O. The number of anilines is 1. The molecular weight excluding hydrogens is 296 g/mol. The second-order valence-corrected chi connectivity index (χ2v) is 4.82. The van der Waals surface area contributed by atoms with Gasteiger partial charge in [-0.1, -0.05) is 13.8 Å². The van der Waals surface area contributed by atoms with Crippen molar-refractivity contribution in [1.29, 1.82) is 0 Å². The van der Waals surface area contributed by atoms with Crippen molar-refractivity contribution in [3.05, 3.63) is 21.0 Å². The minimum absolute atomic E-state index is 0.230. The molecule has 0 spiro atoms. The third kappa shape index (κ3) is 4.07. The predicted molar refractivity (Wildman–Crippen MR) is 65.5 cm³/mol. The molecule has 1 rings (SSSR count). The Bertz CT molecular complexity index is 434. The summed E-state index contributed by atoms with van der Waals surface area (Å²) < 4.78 is 25.6. The highest BCUT2D eigenvalue weighted by molar-refractivity contribution is 9.10. The van der Waals surface area contributed by atoms with Gasteiger partial charge in [0.2, 0.25) is 0 Å².